The van der Waals surface area contributed by atoms with Crippen LogP contribution in [0.15, 0.2) is 17.9 Å². The van der Waals surface area contributed by atoms with E-state index in [9.17, 15) is 13.2 Å². The van der Waals surface area contributed by atoms with Crippen LogP contribution in [0.2, 0.25) is 0 Å². The first-order valence-electron chi connectivity index (χ1n) is 6.15. The van der Waals surface area contributed by atoms with Gasteiger partial charge in [0.15, 0.2) is 0 Å². The number of fused-ring (bicyclic) bond motifs is 4. The number of amides is 2. The van der Waals surface area contributed by atoms with E-state index in [-0.39, 0.29) is 6.54 Å². The molecule has 1 saturated heterocycles. The molecule has 2 aromatic heterocycles. The topological polar surface area (TPSA) is 129 Å². The SMILES string of the molecule is O=C1N(OS(=O)(=O)O)C2CN1[C@H](c1ncc[nH]1)c1ncsc12. The third kappa shape index (κ3) is 1.92. The van der Waals surface area contributed by atoms with Crippen LogP contribution >= 0.6 is 11.3 Å². The van der Waals surface area contributed by atoms with Crippen molar-refractivity contribution in [1.82, 2.24) is 24.9 Å². The van der Waals surface area contributed by atoms with E-state index in [1.807, 2.05) is 0 Å². The number of hydrogen-bond acceptors (Lipinski definition) is 7. The molecule has 2 aromatic rings. The number of H-pyrrole nitrogens is 1. The molecule has 4 heterocycles. The lowest BCUT2D eigenvalue weighted by molar-refractivity contribution is -0.0308. The molecule has 12 heteroatoms. The van der Waals surface area contributed by atoms with Crippen LogP contribution in [0.25, 0.3) is 0 Å². The van der Waals surface area contributed by atoms with E-state index in [1.54, 1.807) is 17.9 Å². The van der Waals surface area contributed by atoms with Crippen molar-refractivity contribution < 1.29 is 22.0 Å². The smallest absolute Gasteiger partial charge is 0.347 e. The van der Waals surface area contributed by atoms with Crippen molar-refractivity contribution >= 4 is 27.8 Å². The van der Waals surface area contributed by atoms with Crippen LogP contribution in [0.5, 0.6) is 0 Å². The van der Waals surface area contributed by atoms with E-state index in [0.29, 0.717) is 21.5 Å². The van der Waals surface area contributed by atoms with Crippen molar-refractivity contribution in [3.05, 3.63) is 34.3 Å². The number of thiazole rings is 1. The van der Waals surface area contributed by atoms with Gasteiger partial charge in [-0.05, 0) is 0 Å². The minimum atomic E-state index is -4.80. The fourth-order valence-electron chi connectivity index (χ4n) is 2.76. The summed E-state index contributed by atoms with van der Waals surface area (Å²) < 4.78 is 35.3. The highest BCUT2D eigenvalue weighted by molar-refractivity contribution is 7.80. The summed E-state index contributed by atoms with van der Waals surface area (Å²) in [7, 11) is -4.80. The highest BCUT2D eigenvalue weighted by atomic mass is 32.3. The summed E-state index contributed by atoms with van der Waals surface area (Å²) in [5.74, 6) is 0.521. The quantitative estimate of drug-likeness (QED) is 0.776. The average molecular weight is 343 g/mol. The summed E-state index contributed by atoms with van der Waals surface area (Å²) in [6.45, 7) is 0.217. The molecule has 22 heavy (non-hydrogen) atoms. The summed E-state index contributed by atoms with van der Waals surface area (Å²) in [6.07, 6.45) is 3.18. The number of hydrogen-bond donors (Lipinski definition) is 2. The normalized spacial score (nSPS) is 24.0. The van der Waals surface area contributed by atoms with Crippen LogP contribution < -0.4 is 0 Å². The van der Waals surface area contributed by atoms with Crippen molar-refractivity contribution in [2.24, 2.45) is 0 Å². The lowest BCUT2D eigenvalue weighted by Crippen LogP contribution is -2.36. The predicted octanol–water partition coefficient (Wildman–Crippen LogP) is 0.482. The minimum Gasteiger partial charge on any atom is -0.347 e. The van der Waals surface area contributed by atoms with Gasteiger partial charge in [0.1, 0.15) is 17.9 Å². The van der Waals surface area contributed by atoms with E-state index in [4.69, 9.17) is 4.55 Å². The second kappa shape index (κ2) is 4.49. The van der Waals surface area contributed by atoms with Gasteiger partial charge in [0.25, 0.3) is 0 Å². The highest BCUT2D eigenvalue weighted by Gasteiger charge is 2.52. The third-order valence-corrected chi connectivity index (χ3v) is 4.83. The number of imidazole rings is 1. The van der Waals surface area contributed by atoms with Gasteiger partial charge < -0.3 is 9.88 Å². The van der Waals surface area contributed by atoms with Crippen LogP contribution in [0.3, 0.4) is 0 Å². The molecule has 0 radical (unpaired) electrons. The first kappa shape index (κ1) is 13.6. The Kier molecular flexibility index (Phi) is 2.78. The van der Waals surface area contributed by atoms with Crippen LogP contribution in [-0.4, -0.2) is 50.5 Å². The molecular weight excluding hydrogens is 334 g/mol. The third-order valence-electron chi connectivity index (χ3n) is 3.54. The van der Waals surface area contributed by atoms with Gasteiger partial charge in [0.2, 0.25) is 0 Å². The van der Waals surface area contributed by atoms with Crippen LogP contribution in [0, 0.1) is 0 Å². The zero-order chi connectivity index (χ0) is 15.5. The van der Waals surface area contributed by atoms with E-state index in [1.165, 1.54) is 16.2 Å². The minimum absolute atomic E-state index is 0.217. The molecule has 4 rings (SSSR count). The number of aromatic amines is 1. The highest BCUT2D eigenvalue weighted by Crippen LogP contribution is 2.46. The maximum atomic E-state index is 12.4. The fraction of sp³-hybridized carbons (Fsp3) is 0.300. The van der Waals surface area contributed by atoms with Crippen molar-refractivity contribution in [2.45, 2.75) is 12.1 Å². The molecule has 0 aromatic carbocycles. The monoisotopic (exact) mass is 343 g/mol. The lowest BCUT2D eigenvalue weighted by Gasteiger charge is -2.27. The zero-order valence-corrected chi connectivity index (χ0v) is 12.4. The molecule has 0 spiro atoms. The maximum Gasteiger partial charge on any atom is 0.418 e. The van der Waals surface area contributed by atoms with E-state index in [2.05, 4.69) is 19.2 Å². The molecule has 2 aliphatic heterocycles. The lowest BCUT2D eigenvalue weighted by atomic mass is 10.0. The first-order chi connectivity index (χ1) is 10.5. The average Bonchev–Trinajstić information content (AvgIpc) is 3.15. The Morgan fingerprint density at radius 3 is 2.95 bits per heavy atom. The van der Waals surface area contributed by atoms with Crippen molar-refractivity contribution in [1.29, 1.82) is 0 Å². The molecule has 10 nitrogen and oxygen atoms in total. The summed E-state index contributed by atoms with van der Waals surface area (Å²) >= 11 is 1.29. The molecule has 1 fully saturated rings. The number of carbonyl (C=O) groups is 1. The Morgan fingerprint density at radius 2 is 2.27 bits per heavy atom. The molecule has 116 valence electrons. The summed E-state index contributed by atoms with van der Waals surface area (Å²) in [5, 5.41) is 0.662. The summed E-state index contributed by atoms with van der Waals surface area (Å²) in [6, 6.07) is -1.85. The Balaban J connectivity index is 1.82. The Labute approximate surface area is 128 Å². The number of nitrogens with one attached hydrogen (secondary N) is 1. The van der Waals surface area contributed by atoms with Crippen molar-refractivity contribution in [3.63, 3.8) is 0 Å². The molecule has 2 atom stereocenters. The second-order valence-electron chi connectivity index (χ2n) is 4.76. The van der Waals surface area contributed by atoms with Gasteiger partial charge in [-0.25, -0.2) is 14.8 Å². The van der Waals surface area contributed by atoms with Gasteiger partial charge in [0, 0.05) is 12.4 Å². The standard InChI is InChI=1S/C10H9N5O5S2/c16-10-14-3-5(15(10)20-22(17,18)19)8-6(13-4-21-8)7(14)9-11-1-2-12-9/h1-2,4-5,7H,3H2,(H,11,12)(H,17,18,19)/t5?,7-/m0/s1. The van der Waals surface area contributed by atoms with Crippen LogP contribution in [0.1, 0.15) is 28.5 Å². The molecule has 0 saturated carbocycles. The molecule has 1 unspecified atom stereocenters. The number of rotatable bonds is 3. The number of nitrogens with zero attached hydrogens (tertiary/aromatic N) is 4. The number of aromatic nitrogens is 3. The van der Waals surface area contributed by atoms with E-state index < -0.39 is 28.5 Å². The second-order valence-corrected chi connectivity index (χ2v) is 6.65. The van der Waals surface area contributed by atoms with Crippen molar-refractivity contribution in [2.75, 3.05) is 6.54 Å². The number of urea groups is 1. The Hall–Kier alpha value is -2.02. The van der Waals surface area contributed by atoms with E-state index in [0.717, 1.165) is 0 Å². The van der Waals surface area contributed by atoms with Crippen LogP contribution in [0.4, 0.5) is 4.79 Å². The first-order valence-corrected chi connectivity index (χ1v) is 8.39. The van der Waals surface area contributed by atoms with Crippen molar-refractivity contribution in [3.8, 4) is 0 Å². The molecule has 0 aliphatic carbocycles. The number of carbonyl (C=O) groups excluding carboxylic acids is 1. The van der Waals surface area contributed by atoms with Gasteiger partial charge in [-0.2, -0.15) is 13.5 Å². The van der Waals surface area contributed by atoms with Gasteiger partial charge in [0.05, 0.1) is 22.6 Å². The summed E-state index contributed by atoms with van der Waals surface area (Å²) in [5.41, 5.74) is 2.23. The molecule has 2 amide bonds. The fourth-order valence-corrected chi connectivity index (χ4v) is 4.02. The zero-order valence-electron chi connectivity index (χ0n) is 10.8. The van der Waals surface area contributed by atoms with Crippen LogP contribution in [-0.2, 0) is 14.7 Å². The van der Waals surface area contributed by atoms with Gasteiger partial charge in [-0.1, -0.05) is 0 Å². The molecule has 2 bridgehead atoms. The molecule has 2 N–H and O–H groups in total. The molecular formula is C10H9N5O5S2. The largest absolute Gasteiger partial charge is 0.418 e. The summed E-state index contributed by atoms with van der Waals surface area (Å²) in [4.78, 5) is 25.9. The Morgan fingerprint density at radius 1 is 1.45 bits per heavy atom. The van der Waals surface area contributed by atoms with Gasteiger partial charge in [-0.15, -0.1) is 15.6 Å². The molecule has 2 aliphatic rings. The Bertz CT molecular complexity index is 832. The maximum absolute atomic E-state index is 12.4. The number of hydroxylamine groups is 2. The van der Waals surface area contributed by atoms with E-state index >= 15 is 0 Å². The predicted molar refractivity (Wildman–Crippen MR) is 71.9 cm³/mol. The van der Waals surface area contributed by atoms with Gasteiger partial charge in [-0.3, -0.25) is 4.55 Å². The van der Waals surface area contributed by atoms with Gasteiger partial charge >= 0.3 is 16.4 Å².